The first kappa shape index (κ1) is 43.2. The summed E-state index contributed by atoms with van der Waals surface area (Å²) in [6.45, 7) is 16.8. The van der Waals surface area contributed by atoms with Gasteiger partial charge in [-0.1, -0.05) is 46.1 Å². The van der Waals surface area contributed by atoms with Gasteiger partial charge in [-0.15, -0.1) is 0 Å². The zero-order valence-corrected chi connectivity index (χ0v) is 33.2. The summed E-state index contributed by atoms with van der Waals surface area (Å²) in [4.78, 5) is 48.4. The van der Waals surface area contributed by atoms with Gasteiger partial charge in [-0.3, -0.25) is 14.6 Å². The van der Waals surface area contributed by atoms with E-state index < -0.39 is 76.9 Å². The molecule has 3 unspecified atom stereocenters. The highest BCUT2D eigenvalue weighted by Crippen LogP contribution is 2.47. The number of cyclic esters (lactones) is 1. The minimum atomic E-state index is -3.14. The fourth-order valence-corrected chi connectivity index (χ4v) is 8.56. The van der Waals surface area contributed by atoms with Gasteiger partial charge in [0.05, 0.1) is 30.0 Å². The number of nitrogens with zero attached hydrogens (tertiary/aromatic N) is 3. The number of aromatic nitrogens is 1. The Morgan fingerprint density at radius 1 is 1.11 bits per heavy atom. The molecule has 4 heterocycles. The molecule has 13 heteroatoms. The first-order valence-corrected chi connectivity index (χ1v) is 18.6. The van der Waals surface area contributed by atoms with Crippen LogP contribution < -0.4 is 0 Å². The maximum absolute atomic E-state index is 16.8. The number of hydrogen-bond donors (Lipinski definition) is 1. The van der Waals surface area contributed by atoms with Crippen molar-refractivity contribution in [2.24, 2.45) is 23.7 Å². The molecule has 3 aliphatic rings. The first-order valence-electron chi connectivity index (χ1n) is 18.6. The first-order chi connectivity index (χ1) is 25.2. The third kappa shape index (κ3) is 8.78. The number of alkyl halides is 1. The lowest BCUT2D eigenvalue weighted by Gasteiger charge is -2.47. The van der Waals surface area contributed by atoms with E-state index in [4.69, 9.17) is 23.7 Å². The molecule has 0 aromatic carbocycles. The Hall–Kier alpha value is -3.56. The molecule has 0 radical (unpaired) electrons. The van der Waals surface area contributed by atoms with Crippen LogP contribution in [0.4, 0.5) is 4.39 Å². The van der Waals surface area contributed by atoms with Gasteiger partial charge in [-0.05, 0) is 72.7 Å². The average molecular weight is 754 g/mol. The number of carbonyl (C=O) groups excluding carboxylic acids is 3. The zero-order valence-electron chi connectivity index (χ0n) is 33.2. The Kier molecular flexibility index (Phi) is 13.6. The fourth-order valence-electron chi connectivity index (χ4n) is 8.56. The van der Waals surface area contributed by atoms with E-state index in [0.717, 1.165) is 6.92 Å². The van der Waals surface area contributed by atoms with Crippen molar-refractivity contribution in [3.8, 4) is 17.9 Å². The molecule has 0 spiro atoms. The highest BCUT2D eigenvalue weighted by Gasteiger charge is 2.58. The summed E-state index contributed by atoms with van der Waals surface area (Å²) >= 11 is 0. The van der Waals surface area contributed by atoms with Gasteiger partial charge in [0, 0.05) is 47.7 Å². The predicted octanol–water partition coefficient (Wildman–Crippen LogP) is 4.35. The maximum Gasteiger partial charge on any atom is 0.351 e. The Labute approximate surface area is 318 Å². The number of halogens is 1. The number of esters is 1. The van der Waals surface area contributed by atoms with Crippen molar-refractivity contribution in [2.45, 2.75) is 128 Å². The number of hydrogen-bond acceptors (Lipinski definition) is 12. The van der Waals surface area contributed by atoms with E-state index in [1.807, 2.05) is 32.0 Å². The second-order valence-electron chi connectivity index (χ2n) is 16.0. The largest absolute Gasteiger partial charge is 0.457 e. The fraction of sp³-hybridized carbons (Fsp3) is 0.683. The minimum absolute atomic E-state index is 0.0253. The van der Waals surface area contributed by atoms with Gasteiger partial charge in [0.15, 0.2) is 12.1 Å². The van der Waals surface area contributed by atoms with Crippen molar-refractivity contribution in [3.63, 3.8) is 0 Å². The number of Topliss-reactive ketones (excluding diaryl/α,β-unsaturated/α-hetero) is 2. The second-order valence-corrected chi connectivity index (χ2v) is 16.0. The normalized spacial score (nSPS) is 39.6. The Morgan fingerprint density at radius 2 is 1.78 bits per heavy atom. The van der Waals surface area contributed by atoms with Gasteiger partial charge in [0.1, 0.15) is 36.3 Å². The average Bonchev–Trinajstić information content (AvgIpc) is 3.44. The van der Waals surface area contributed by atoms with Crippen molar-refractivity contribution < 1.29 is 47.6 Å². The lowest BCUT2D eigenvalue weighted by atomic mass is 9.69. The Morgan fingerprint density at radius 3 is 2.41 bits per heavy atom. The molecule has 0 bridgehead atoms. The number of ketones is 2. The molecule has 4 rings (SSSR count). The van der Waals surface area contributed by atoms with Crippen molar-refractivity contribution in [1.82, 2.24) is 9.88 Å². The Balaban J connectivity index is 1.86. The van der Waals surface area contributed by atoms with E-state index in [9.17, 15) is 24.8 Å². The van der Waals surface area contributed by atoms with E-state index in [0.29, 0.717) is 23.1 Å². The third-order valence-corrected chi connectivity index (χ3v) is 11.5. The predicted molar refractivity (Wildman–Crippen MR) is 196 cm³/mol. The Bertz CT molecular complexity index is 1680. The van der Waals surface area contributed by atoms with E-state index in [1.54, 1.807) is 40.7 Å². The number of pyridine rings is 1. The van der Waals surface area contributed by atoms with Crippen LogP contribution in [0.2, 0.25) is 0 Å². The van der Waals surface area contributed by atoms with Crippen molar-refractivity contribution in [2.75, 3.05) is 27.3 Å². The summed E-state index contributed by atoms with van der Waals surface area (Å²) in [5.74, 6) is -0.226. The molecule has 54 heavy (non-hydrogen) atoms. The van der Waals surface area contributed by atoms with Crippen LogP contribution >= 0.6 is 0 Å². The van der Waals surface area contributed by atoms with Gasteiger partial charge >= 0.3 is 5.97 Å². The molecular formula is C41H56FN3O9. The third-order valence-electron chi connectivity index (χ3n) is 11.5. The van der Waals surface area contributed by atoms with Gasteiger partial charge in [0.2, 0.25) is 0 Å². The van der Waals surface area contributed by atoms with Crippen LogP contribution in [0.25, 0.3) is 0 Å². The SMILES string of the molecule is C=C1CO[C@]2(C)[C@@H](CC)OC(=O)C(C)(F)C(=O)[C@H](C)[C@@H](O[C@@H]3O[C@H](C)C[C@H](N(C)C)[C@H]3O)[C@](C)(OCC#Cc3cncc(C#N)c3)CC(C)C(=O)C(C)[C@H]12. The number of aliphatic hydroxyl groups is 1. The summed E-state index contributed by atoms with van der Waals surface area (Å²) in [7, 11) is 3.63. The molecule has 1 N–H and O–H groups in total. The van der Waals surface area contributed by atoms with Gasteiger partial charge in [-0.25, -0.2) is 9.18 Å². The summed E-state index contributed by atoms with van der Waals surface area (Å²) in [6.07, 6.45) is -1.63. The van der Waals surface area contributed by atoms with Crippen molar-refractivity contribution in [3.05, 3.63) is 41.7 Å². The number of nitriles is 1. The minimum Gasteiger partial charge on any atom is -0.457 e. The van der Waals surface area contributed by atoms with Crippen molar-refractivity contribution in [1.29, 1.82) is 5.26 Å². The van der Waals surface area contributed by atoms with Gasteiger partial charge < -0.3 is 33.7 Å². The smallest absolute Gasteiger partial charge is 0.351 e. The lowest BCUT2D eigenvalue weighted by molar-refractivity contribution is -0.296. The van der Waals surface area contributed by atoms with Crippen LogP contribution in [0, 0.1) is 46.8 Å². The maximum atomic E-state index is 16.8. The van der Waals surface area contributed by atoms with Crippen LogP contribution in [-0.4, -0.2) is 113 Å². The molecule has 0 saturated carbocycles. The summed E-state index contributed by atoms with van der Waals surface area (Å²) < 4.78 is 48.0. The summed E-state index contributed by atoms with van der Waals surface area (Å²) in [5, 5.41) is 20.8. The number of ether oxygens (including phenoxy) is 5. The van der Waals surface area contributed by atoms with E-state index in [2.05, 4.69) is 23.4 Å². The molecule has 13 atom stereocenters. The number of fused-ring (bicyclic) bond motifs is 1. The van der Waals surface area contributed by atoms with Crippen LogP contribution in [0.1, 0.15) is 85.8 Å². The van der Waals surface area contributed by atoms with Gasteiger partial charge in [-0.2, -0.15) is 5.26 Å². The number of rotatable bonds is 6. The lowest BCUT2D eigenvalue weighted by Crippen LogP contribution is -2.61. The summed E-state index contributed by atoms with van der Waals surface area (Å²) in [6, 6.07) is 3.21. The zero-order chi connectivity index (χ0) is 40.3. The topological polar surface area (TPSA) is 158 Å². The highest BCUT2D eigenvalue weighted by molar-refractivity contribution is 6.07. The monoisotopic (exact) mass is 753 g/mol. The standard InChI is InChI=1S/C41H56FN3O9/c1-12-31-41(9)32(24(3)22-51-41)26(5)33(46)23(2)18-39(7,50-15-13-14-28-17-29(19-43)21-44-20-28)36(27(6)35(48)40(8,42)38(49)53-31)54-37-34(47)30(45(10)11)16-25(4)52-37/h17,20-21,23,25-27,30-32,34,36-37,47H,3,12,15-16,18,22H2,1-2,4-11H3/t23?,25-,26?,27+,30+,31-,32+,34-,36-,37+,39-,40?,41-/m1/s1. The van der Waals surface area contributed by atoms with E-state index >= 15 is 4.39 Å². The van der Waals surface area contributed by atoms with Crippen LogP contribution in [0.15, 0.2) is 30.6 Å². The summed E-state index contributed by atoms with van der Waals surface area (Å²) in [5.41, 5.74) is -4.51. The van der Waals surface area contributed by atoms with Crippen molar-refractivity contribution >= 4 is 17.5 Å². The van der Waals surface area contributed by atoms with Crippen LogP contribution in [-0.2, 0) is 38.1 Å². The molecule has 1 aromatic rings. The molecule has 0 amide bonds. The molecule has 1 aromatic heterocycles. The van der Waals surface area contributed by atoms with Crippen LogP contribution in [0.3, 0.4) is 0 Å². The second kappa shape index (κ2) is 17.1. The molecule has 0 aliphatic carbocycles. The number of likely N-dealkylation sites (N-methyl/N-ethyl adjacent to an activating group) is 1. The highest BCUT2D eigenvalue weighted by atomic mass is 19.1. The van der Waals surface area contributed by atoms with E-state index in [1.165, 1.54) is 19.3 Å². The molecule has 3 fully saturated rings. The number of aliphatic hydroxyl groups excluding tert-OH is 1. The van der Waals surface area contributed by atoms with E-state index in [-0.39, 0.29) is 44.0 Å². The molecule has 12 nitrogen and oxygen atoms in total. The quantitative estimate of drug-likeness (QED) is 0.190. The molecule has 3 aliphatic heterocycles. The molecule has 296 valence electrons. The molecule has 3 saturated heterocycles. The number of carbonyl (C=O) groups is 3. The van der Waals surface area contributed by atoms with Crippen LogP contribution in [0.5, 0.6) is 0 Å². The molecular weight excluding hydrogens is 697 g/mol. The van der Waals surface area contributed by atoms with Gasteiger partial charge in [0.25, 0.3) is 5.67 Å².